The van der Waals surface area contributed by atoms with E-state index in [0.29, 0.717) is 25.2 Å². The summed E-state index contributed by atoms with van der Waals surface area (Å²) >= 11 is 0. The zero-order valence-electron chi connectivity index (χ0n) is 16.0. The van der Waals surface area contributed by atoms with E-state index in [1.54, 1.807) is 17.0 Å². The van der Waals surface area contributed by atoms with Crippen LogP contribution in [-0.4, -0.2) is 40.6 Å². The number of amides is 1. The van der Waals surface area contributed by atoms with E-state index < -0.39 is 5.60 Å². The number of carbonyl (C=O) groups excluding carboxylic acids is 1. The van der Waals surface area contributed by atoms with Crippen LogP contribution in [0.15, 0.2) is 24.3 Å². The largest absolute Gasteiger partial charge is 0.444 e. The monoisotopic (exact) mass is 361 g/mol. The Morgan fingerprint density at radius 1 is 1.35 bits per heavy atom. The topological polar surface area (TPSA) is 84.7 Å². The van der Waals surface area contributed by atoms with Gasteiger partial charge in [-0.15, -0.1) is 0 Å². The quantitative estimate of drug-likeness (QED) is 0.633. The number of nitrogens with zero attached hydrogens (tertiary/aromatic N) is 2. The molecule has 0 saturated carbocycles. The molecule has 1 aromatic carbocycles. The van der Waals surface area contributed by atoms with Crippen molar-refractivity contribution in [2.75, 3.05) is 18.4 Å². The summed E-state index contributed by atoms with van der Waals surface area (Å²) in [4.78, 5) is 24.8. The van der Waals surface area contributed by atoms with Crippen molar-refractivity contribution < 1.29 is 14.5 Å². The van der Waals surface area contributed by atoms with Crippen LogP contribution in [0.2, 0.25) is 0 Å². The second-order valence-corrected chi connectivity index (χ2v) is 7.69. The molecule has 0 atom stereocenters. The fraction of sp³-hybridized carbons (Fsp3) is 0.526. The Kier molecular flexibility index (Phi) is 5.90. The molecule has 0 aromatic heterocycles. The van der Waals surface area contributed by atoms with Gasteiger partial charge in [0.15, 0.2) is 0 Å². The van der Waals surface area contributed by atoms with Gasteiger partial charge in [-0.1, -0.05) is 12.1 Å². The fourth-order valence-electron chi connectivity index (χ4n) is 2.74. The SMILES string of the molecule is CC(C)Nc1ccc(C2=CCN(C(=O)OC(C)(C)C)CC2)cc1[N+](=O)[O-]. The van der Waals surface area contributed by atoms with Gasteiger partial charge in [0, 0.05) is 25.2 Å². The highest BCUT2D eigenvalue weighted by Gasteiger charge is 2.24. The number of nitro groups is 1. The zero-order valence-corrected chi connectivity index (χ0v) is 16.0. The predicted molar refractivity (Wildman–Crippen MR) is 102 cm³/mol. The van der Waals surface area contributed by atoms with Gasteiger partial charge in [0.1, 0.15) is 11.3 Å². The van der Waals surface area contributed by atoms with Crippen molar-refractivity contribution in [3.8, 4) is 0 Å². The number of nitrogens with one attached hydrogen (secondary N) is 1. The molecule has 1 aliphatic heterocycles. The van der Waals surface area contributed by atoms with Crippen LogP contribution in [-0.2, 0) is 4.74 Å². The number of hydrogen-bond acceptors (Lipinski definition) is 5. The molecule has 7 heteroatoms. The van der Waals surface area contributed by atoms with Gasteiger partial charge in [0.05, 0.1) is 4.92 Å². The van der Waals surface area contributed by atoms with E-state index in [1.165, 1.54) is 0 Å². The van der Waals surface area contributed by atoms with E-state index in [-0.39, 0.29) is 22.7 Å². The molecule has 0 bridgehead atoms. The molecule has 0 radical (unpaired) electrons. The molecule has 0 saturated heterocycles. The maximum Gasteiger partial charge on any atom is 0.410 e. The van der Waals surface area contributed by atoms with Crippen LogP contribution in [0.25, 0.3) is 5.57 Å². The highest BCUT2D eigenvalue weighted by atomic mass is 16.6. The van der Waals surface area contributed by atoms with Gasteiger partial charge in [-0.25, -0.2) is 4.79 Å². The normalized spacial score (nSPS) is 14.8. The second-order valence-electron chi connectivity index (χ2n) is 7.69. The molecule has 26 heavy (non-hydrogen) atoms. The molecule has 1 aliphatic rings. The average Bonchev–Trinajstić information content (AvgIpc) is 2.53. The first-order valence-electron chi connectivity index (χ1n) is 8.79. The third-order valence-electron chi connectivity index (χ3n) is 3.87. The van der Waals surface area contributed by atoms with E-state index in [9.17, 15) is 14.9 Å². The lowest BCUT2D eigenvalue weighted by Crippen LogP contribution is -2.39. The third kappa shape index (κ3) is 5.21. The van der Waals surface area contributed by atoms with Gasteiger partial charge < -0.3 is 15.0 Å². The first-order chi connectivity index (χ1) is 12.1. The highest BCUT2D eigenvalue weighted by molar-refractivity contribution is 5.76. The smallest absolute Gasteiger partial charge is 0.410 e. The lowest BCUT2D eigenvalue weighted by Gasteiger charge is -2.29. The van der Waals surface area contributed by atoms with E-state index in [1.807, 2.05) is 46.8 Å². The molecular formula is C19H27N3O4. The van der Waals surface area contributed by atoms with Crippen molar-refractivity contribution in [1.29, 1.82) is 0 Å². The number of anilines is 1. The fourth-order valence-corrected chi connectivity index (χ4v) is 2.74. The Morgan fingerprint density at radius 3 is 2.54 bits per heavy atom. The summed E-state index contributed by atoms with van der Waals surface area (Å²) < 4.78 is 5.38. The van der Waals surface area contributed by atoms with Gasteiger partial charge in [-0.3, -0.25) is 10.1 Å². The molecule has 1 amide bonds. The molecule has 0 spiro atoms. The van der Waals surface area contributed by atoms with Crippen molar-refractivity contribution in [2.45, 2.75) is 52.7 Å². The number of carbonyl (C=O) groups is 1. The Bertz CT molecular complexity index is 720. The van der Waals surface area contributed by atoms with Crippen molar-refractivity contribution >= 4 is 23.0 Å². The zero-order chi connectivity index (χ0) is 19.5. The molecular weight excluding hydrogens is 334 g/mol. The molecule has 2 rings (SSSR count). The van der Waals surface area contributed by atoms with Crippen LogP contribution in [0, 0.1) is 10.1 Å². The van der Waals surface area contributed by atoms with Gasteiger partial charge in [-0.05, 0) is 58.2 Å². The maximum atomic E-state index is 12.1. The number of ether oxygens (including phenoxy) is 1. The lowest BCUT2D eigenvalue weighted by molar-refractivity contribution is -0.384. The van der Waals surface area contributed by atoms with Gasteiger partial charge in [-0.2, -0.15) is 0 Å². The van der Waals surface area contributed by atoms with Crippen LogP contribution in [0.1, 0.15) is 46.6 Å². The summed E-state index contributed by atoms with van der Waals surface area (Å²) in [6, 6.07) is 5.33. The minimum atomic E-state index is -0.527. The first-order valence-corrected chi connectivity index (χ1v) is 8.79. The van der Waals surface area contributed by atoms with E-state index in [2.05, 4.69) is 5.32 Å². The van der Waals surface area contributed by atoms with Crippen molar-refractivity contribution in [3.05, 3.63) is 40.0 Å². The summed E-state index contributed by atoms with van der Waals surface area (Å²) in [6.07, 6.45) is 2.23. The van der Waals surface area contributed by atoms with Crippen molar-refractivity contribution in [2.24, 2.45) is 0 Å². The van der Waals surface area contributed by atoms with Crippen LogP contribution in [0.4, 0.5) is 16.2 Å². The van der Waals surface area contributed by atoms with E-state index in [4.69, 9.17) is 4.74 Å². The second kappa shape index (κ2) is 7.76. The Balaban J connectivity index is 2.16. The summed E-state index contributed by atoms with van der Waals surface area (Å²) in [5, 5.41) is 14.5. The van der Waals surface area contributed by atoms with Crippen LogP contribution >= 0.6 is 0 Å². The average molecular weight is 361 g/mol. The molecule has 142 valence electrons. The highest BCUT2D eigenvalue weighted by Crippen LogP contribution is 2.31. The number of hydrogen-bond donors (Lipinski definition) is 1. The maximum absolute atomic E-state index is 12.1. The number of rotatable bonds is 4. The van der Waals surface area contributed by atoms with Crippen LogP contribution < -0.4 is 5.32 Å². The summed E-state index contributed by atoms with van der Waals surface area (Å²) in [5.74, 6) is 0. The summed E-state index contributed by atoms with van der Waals surface area (Å²) in [5.41, 5.74) is 1.87. The molecule has 1 aromatic rings. The molecule has 0 aliphatic carbocycles. The Labute approximate surface area is 154 Å². The van der Waals surface area contributed by atoms with E-state index in [0.717, 1.165) is 11.1 Å². The molecule has 0 unspecified atom stereocenters. The molecule has 1 N–H and O–H groups in total. The van der Waals surface area contributed by atoms with Crippen molar-refractivity contribution in [1.82, 2.24) is 4.90 Å². The van der Waals surface area contributed by atoms with Crippen molar-refractivity contribution in [3.63, 3.8) is 0 Å². The standard InChI is InChI=1S/C19H27N3O4/c1-13(2)20-16-7-6-15(12-17(16)22(24)25)14-8-10-21(11-9-14)18(23)26-19(3,4)5/h6-8,12-13,20H,9-11H2,1-5H3. The number of nitro benzene ring substituents is 1. The van der Waals surface area contributed by atoms with E-state index >= 15 is 0 Å². The van der Waals surface area contributed by atoms with Crippen LogP contribution in [0.5, 0.6) is 0 Å². The molecule has 7 nitrogen and oxygen atoms in total. The molecule has 1 heterocycles. The number of benzene rings is 1. The predicted octanol–water partition coefficient (Wildman–Crippen LogP) is 4.44. The first kappa shape index (κ1) is 19.8. The minimum absolute atomic E-state index is 0.0617. The van der Waals surface area contributed by atoms with Crippen LogP contribution in [0.3, 0.4) is 0 Å². The third-order valence-corrected chi connectivity index (χ3v) is 3.87. The summed E-state index contributed by atoms with van der Waals surface area (Å²) in [6.45, 7) is 10.3. The van der Waals surface area contributed by atoms with Gasteiger partial charge in [0.25, 0.3) is 5.69 Å². The van der Waals surface area contributed by atoms with Gasteiger partial charge in [0.2, 0.25) is 0 Å². The Hall–Kier alpha value is -2.57. The van der Waals surface area contributed by atoms with Gasteiger partial charge >= 0.3 is 6.09 Å². The Morgan fingerprint density at radius 2 is 2.04 bits per heavy atom. The minimum Gasteiger partial charge on any atom is -0.444 e. The molecule has 0 fully saturated rings. The summed E-state index contributed by atoms with van der Waals surface area (Å²) in [7, 11) is 0. The lowest BCUT2D eigenvalue weighted by atomic mass is 9.98.